The SMILES string of the molecule is O=[N+]([O-])c1ccc(Cl)c(-c2nc3ccccc3[nH]2)c1. The molecule has 0 aliphatic carbocycles. The van der Waals surface area contributed by atoms with Crippen LogP contribution in [0.2, 0.25) is 5.02 Å². The first-order valence-corrected chi connectivity index (χ1v) is 5.92. The molecule has 0 saturated heterocycles. The molecule has 1 N–H and O–H groups in total. The smallest absolute Gasteiger partial charge is 0.270 e. The lowest BCUT2D eigenvalue weighted by Gasteiger charge is -2.00. The molecule has 0 radical (unpaired) electrons. The molecule has 6 heteroatoms. The summed E-state index contributed by atoms with van der Waals surface area (Å²) >= 11 is 6.08. The second-order valence-corrected chi connectivity index (χ2v) is 4.43. The van der Waals surface area contributed by atoms with Crippen molar-refractivity contribution in [2.24, 2.45) is 0 Å². The van der Waals surface area contributed by atoms with E-state index in [0.717, 1.165) is 11.0 Å². The Kier molecular flexibility index (Phi) is 2.68. The number of aromatic nitrogens is 2. The highest BCUT2D eigenvalue weighted by molar-refractivity contribution is 6.33. The van der Waals surface area contributed by atoms with Gasteiger partial charge in [-0.1, -0.05) is 23.7 Å². The van der Waals surface area contributed by atoms with Crippen molar-refractivity contribution in [2.75, 3.05) is 0 Å². The fraction of sp³-hybridized carbons (Fsp3) is 0. The summed E-state index contributed by atoms with van der Waals surface area (Å²) in [6, 6.07) is 11.8. The molecule has 0 fully saturated rings. The number of fused-ring (bicyclic) bond motifs is 1. The number of nitro groups is 1. The fourth-order valence-corrected chi connectivity index (χ4v) is 2.10. The lowest BCUT2D eigenvalue weighted by molar-refractivity contribution is -0.384. The number of rotatable bonds is 2. The molecule has 0 amide bonds. The van der Waals surface area contributed by atoms with Crippen molar-refractivity contribution in [3.05, 3.63) is 57.6 Å². The van der Waals surface area contributed by atoms with Gasteiger partial charge in [0.2, 0.25) is 0 Å². The molecule has 1 heterocycles. The minimum Gasteiger partial charge on any atom is -0.338 e. The number of hydrogen-bond acceptors (Lipinski definition) is 3. The Hall–Kier alpha value is -2.40. The van der Waals surface area contributed by atoms with Gasteiger partial charge in [-0.05, 0) is 18.2 Å². The zero-order chi connectivity index (χ0) is 13.4. The Bertz CT molecular complexity index is 749. The van der Waals surface area contributed by atoms with Gasteiger partial charge in [0, 0.05) is 17.7 Å². The number of imidazole rings is 1. The standard InChI is InChI=1S/C13H8ClN3O2/c14-10-6-5-8(17(18)19)7-9(10)13-15-11-3-1-2-4-12(11)16-13/h1-7H,(H,15,16). The number of H-pyrrole nitrogens is 1. The summed E-state index contributed by atoms with van der Waals surface area (Å²) in [6.45, 7) is 0. The van der Waals surface area contributed by atoms with Gasteiger partial charge in [-0.3, -0.25) is 10.1 Å². The van der Waals surface area contributed by atoms with E-state index in [-0.39, 0.29) is 5.69 Å². The first kappa shape index (κ1) is 11.7. The van der Waals surface area contributed by atoms with Gasteiger partial charge in [-0.25, -0.2) is 4.98 Å². The highest BCUT2D eigenvalue weighted by Gasteiger charge is 2.14. The number of nitrogens with zero attached hydrogens (tertiary/aromatic N) is 2. The lowest BCUT2D eigenvalue weighted by Crippen LogP contribution is -1.90. The van der Waals surface area contributed by atoms with Crippen molar-refractivity contribution < 1.29 is 4.92 Å². The van der Waals surface area contributed by atoms with Crippen LogP contribution in [0.15, 0.2) is 42.5 Å². The second-order valence-electron chi connectivity index (χ2n) is 4.02. The van der Waals surface area contributed by atoms with Gasteiger partial charge in [-0.15, -0.1) is 0 Å². The average Bonchev–Trinajstić information content (AvgIpc) is 2.82. The minimum atomic E-state index is -0.456. The predicted octanol–water partition coefficient (Wildman–Crippen LogP) is 3.79. The molecule has 2 aromatic carbocycles. The third-order valence-corrected chi connectivity index (χ3v) is 3.13. The number of aromatic amines is 1. The fourth-order valence-electron chi connectivity index (χ4n) is 1.89. The van der Waals surface area contributed by atoms with E-state index < -0.39 is 4.92 Å². The Morgan fingerprint density at radius 1 is 1.21 bits per heavy atom. The number of hydrogen-bond donors (Lipinski definition) is 1. The third-order valence-electron chi connectivity index (χ3n) is 2.81. The van der Waals surface area contributed by atoms with E-state index >= 15 is 0 Å². The summed E-state index contributed by atoms with van der Waals surface area (Å²) in [7, 11) is 0. The Morgan fingerprint density at radius 3 is 2.74 bits per heavy atom. The molecule has 3 aromatic rings. The van der Waals surface area contributed by atoms with Crippen molar-refractivity contribution in [2.45, 2.75) is 0 Å². The number of para-hydroxylation sites is 2. The summed E-state index contributed by atoms with van der Waals surface area (Å²) in [5, 5.41) is 11.2. The highest BCUT2D eigenvalue weighted by Crippen LogP contribution is 2.30. The summed E-state index contributed by atoms with van der Waals surface area (Å²) in [4.78, 5) is 17.8. The normalized spacial score (nSPS) is 10.8. The van der Waals surface area contributed by atoms with E-state index in [1.807, 2.05) is 24.3 Å². The van der Waals surface area contributed by atoms with Gasteiger partial charge in [0.15, 0.2) is 0 Å². The van der Waals surface area contributed by atoms with E-state index in [1.54, 1.807) is 0 Å². The van der Waals surface area contributed by atoms with E-state index in [4.69, 9.17) is 11.6 Å². The first-order valence-electron chi connectivity index (χ1n) is 5.54. The molecule has 0 aliphatic heterocycles. The van der Waals surface area contributed by atoms with Crippen molar-refractivity contribution in [3.63, 3.8) is 0 Å². The Balaban J connectivity index is 2.20. The molecule has 5 nitrogen and oxygen atoms in total. The molecule has 1 aromatic heterocycles. The van der Waals surface area contributed by atoms with Crippen LogP contribution in [-0.2, 0) is 0 Å². The van der Waals surface area contributed by atoms with Gasteiger partial charge in [-0.2, -0.15) is 0 Å². The lowest BCUT2D eigenvalue weighted by atomic mass is 10.2. The molecule has 0 unspecified atom stereocenters. The van der Waals surface area contributed by atoms with Gasteiger partial charge in [0.05, 0.1) is 21.0 Å². The number of nitrogens with one attached hydrogen (secondary N) is 1. The molecule has 94 valence electrons. The van der Waals surface area contributed by atoms with Crippen molar-refractivity contribution >= 4 is 28.3 Å². The topological polar surface area (TPSA) is 71.8 Å². The van der Waals surface area contributed by atoms with E-state index in [9.17, 15) is 10.1 Å². The van der Waals surface area contributed by atoms with Crippen LogP contribution in [0.3, 0.4) is 0 Å². The van der Waals surface area contributed by atoms with Crippen LogP contribution in [0, 0.1) is 10.1 Å². The summed E-state index contributed by atoms with van der Waals surface area (Å²) in [6.07, 6.45) is 0. The Labute approximate surface area is 113 Å². The third kappa shape index (κ3) is 2.04. The average molecular weight is 274 g/mol. The van der Waals surface area contributed by atoms with Crippen molar-refractivity contribution in [3.8, 4) is 11.4 Å². The van der Waals surface area contributed by atoms with Crippen LogP contribution in [0.1, 0.15) is 0 Å². The molecule has 0 bridgehead atoms. The van der Waals surface area contributed by atoms with Gasteiger partial charge in [0.25, 0.3) is 5.69 Å². The monoisotopic (exact) mass is 273 g/mol. The highest BCUT2D eigenvalue weighted by atomic mass is 35.5. The van der Waals surface area contributed by atoms with Crippen LogP contribution >= 0.6 is 11.6 Å². The largest absolute Gasteiger partial charge is 0.338 e. The van der Waals surface area contributed by atoms with Gasteiger partial charge < -0.3 is 4.98 Å². The summed E-state index contributed by atoms with van der Waals surface area (Å²) < 4.78 is 0. The van der Waals surface area contributed by atoms with Gasteiger partial charge >= 0.3 is 0 Å². The van der Waals surface area contributed by atoms with Crippen molar-refractivity contribution in [1.82, 2.24) is 9.97 Å². The maximum absolute atomic E-state index is 10.8. The van der Waals surface area contributed by atoms with E-state index in [2.05, 4.69) is 9.97 Å². The van der Waals surface area contributed by atoms with Crippen LogP contribution < -0.4 is 0 Å². The molecule has 3 rings (SSSR count). The van der Waals surface area contributed by atoms with Crippen LogP contribution in [0.5, 0.6) is 0 Å². The maximum Gasteiger partial charge on any atom is 0.270 e. The molecule has 0 aliphatic rings. The molecule has 19 heavy (non-hydrogen) atoms. The van der Waals surface area contributed by atoms with Crippen LogP contribution in [0.4, 0.5) is 5.69 Å². The zero-order valence-corrected chi connectivity index (χ0v) is 10.4. The molecule has 0 spiro atoms. The van der Waals surface area contributed by atoms with Crippen LogP contribution in [0.25, 0.3) is 22.4 Å². The molecular formula is C13H8ClN3O2. The minimum absolute atomic E-state index is 0.0140. The van der Waals surface area contributed by atoms with Gasteiger partial charge in [0.1, 0.15) is 5.82 Å². The number of halogens is 1. The molecule has 0 atom stereocenters. The number of non-ortho nitro benzene ring substituents is 1. The van der Waals surface area contributed by atoms with E-state index in [0.29, 0.717) is 16.4 Å². The van der Waals surface area contributed by atoms with Crippen molar-refractivity contribution in [1.29, 1.82) is 0 Å². The van der Waals surface area contributed by atoms with Crippen LogP contribution in [-0.4, -0.2) is 14.9 Å². The first-order chi connectivity index (χ1) is 9.15. The Morgan fingerprint density at radius 2 is 2.00 bits per heavy atom. The summed E-state index contributed by atoms with van der Waals surface area (Å²) in [5.41, 5.74) is 2.16. The summed E-state index contributed by atoms with van der Waals surface area (Å²) in [5.74, 6) is 0.523. The predicted molar refractivity (Wildman–Crippen MR) is 73.2 cm³/mol. The second kappa shape index (κ2) is 4.37. The molecular weight excluding hydrogens is 266 g/mol. The number of benzene rings is 2. The molecule has 0 saturated carbocycles. The van der Waals surface area contributed by atoms with E-state index in [1.165, 1.54) is 18.2 Å². The maximum atomic E-state index is 10.8. The quantitative estimate of drug-likeness (QED) is 0.570. The number of nitro benzene ring substituents is 1. The zero-order valence-electron chi connectivity index (χ0n) is 9.63.